The van der Waals surface area contributed by atoms with Crippen molar-refractivity contribution in [1.82, 2.24) is 15.1 Å². The maximum Gasteiger partial charge on any atom is 0.329 e. The number of carbonyl (C=O) groups excluding carboxylic acids is 2. The van der Waals surface area contributed by atoms with Gasteiger partial charge in [0.25, 0.3) is 0 Å². The maximum atomic E-state index is 11.6. The van der Waals surface area contributed by atoms with E-state index in [0.29, 0.717) is 0 Å². The van der Waals surface area contributed by atoms with Gasteiger partial charge in [-0.05, 0) is 20.8 Å². The molecule has 1 heterocycles. The molecule has 0 aromatic carbocycles. The Labute approximate surface area is 77.7 Å². The summed E-state index contributed by atoms with van der Waals surface area (Å²) in [6, 6.07) is -0.667. The van der Waals surface area contributed by atoms with Crippen molar-refractivity contribution in [3.05, 3.63) is 0 Å². The van der Waals surface area contributed by atoms with E-state index in [1.807, 2.05) is 0 Å². The molecule has 1 saturated heterocycles. The van der Waals surface area contributed by atoms with Crippen LogP contribution in [0.2, 0.25) is 0 Å². The molecule has 5 heteroatoms. The molecule has 74 valence electrons. The molecule has 1 unspecified atom stereocenters. The van der Waals surface area contributed by atoms with Gasteiger partial charge in [0.2, 0.25) is 0 Å². The molecule has 0 aliphatic carbocycles. The molecule has 4 amide bonds. The highest BCUT2D eigenvalue weighted by Crippen LogP contribution is 2.11. The van der Waals surface area contributed by atoms with E-state index in [1.165, 1.54) is 9.80 Å². The smallest absolute Gasteiger partial charge is 0.317 e. The number of hydrogen-bond donors (Lipinski definition) is 1. The van der Waals surface area contributed by atoms with Crippen molar-refractivity contribution < 1.29 is 9.59 Å². The Bertz CT molecular complexity index is 240. The second-order valence-corrected chi connectivity index (χ2v) is 3.48. The second kappa shape index (κ2) is 3.24. The van der Waals surface area contributed by atoms with Crippen molar-refractivity contribution in [1.29, 1.82) is 0 Å². The number of nitrogens with zero attached hydrogens (tertiary/aromatic N) is 2. The van der Waals surface area contributed by atoms with E-state index in [9.17, 15) is 9.59 Å². The summed E-state index contributed by atoms with van der Waals surface area (Å²) in [5.74, 6) is 0. The zero-order valence-electron chi connectivity index (χ0n) is 8.37. The molecule has 5 nitrogen and oxygen atoms in total. The molecule has 0 aromatic rings. The van der Waals surface area contributed by atoms with Crippen LogP contribution in [-0.2, 0) is 0 Å². The van der Waals surface area contributed by atoms with Gasteiger partial charge in [0.05, 0.1) is 0 Å². The van der Waals surface area contributed by atoms with Gasteiger partial charge in [0.15, 0.2) is 0 Å². The topological polar surface area (TPSA) is 52.7 Å². The van der Waals surface area contributed by atoms with Crippen LogP contribution >= 0.6 is 0 Å². The molecule has 0 bridgehead atoms. The van der Waals surface area contributed by atoms with Gasteiger partial charge in [-0.15, -0.1) is 0 Å². The third kappa shape index (κ3) is 1.59. The summed E-state index contributed by atoms with van der Waals surface area (Å²) >= 11 is 0. The number of amides is 4. The predicted molar refractivity (Wildman–Crippen MR) is 48.1 cm³/mol. The number of rotatable bonds is 1. The van der Waals surface area contributed by atoms with Gasteiger partial charge in [-0.1, -0.05) is 0 Å². The summed E-state index contributed by atoms with van der Waals surface area (Å²) in [4.78, 5) is 25.7. The molecule has 0 radical (unpaired) electrons. The molecule has 1 aliphatic heterocycles. The van der Waals surface area contributed by atoms with Crippen LogP contribution in [0.1, 0.15) is 20.8 Å². The van der Waals surface area contributed by atoms with E-state index in [-0.39, 0.29) is 24.3 Å². The standard InChI is InChI=1S/C8H15N3O2/c1-5(2)11-7(12)9-6(3)10(4)8(11)13/h5-6H,1-4H3,(H,9,12). The second-order valence-electron chi connectivity index (χ2n) is 3.48. The Hall–Kier alpha value is -1.26. The lowest BCUT2D eigenvalue weighted by molar-refractivity contribution is 0.110. The van der Waals surface area contributed by atoms with Gasteiger partial charge in [-0.25, -0.2) is 14.5 Å². The summed E-state index contributed by atoms with van der Waals surface area (Å²) in [5.41, 5.74) is 0. The molecule has 0 spiro atoms. The van der Waals surface area contributed by atoms with Crippen molar-refractivity contribution >= 4 is 12.1 Å². The minimum atomic E-state index is -0.314. The first-order valence-electron chi connectivity index (χ1n) is 4.31. The Morgan fingerprint density at radius 3 is 2.38 bits per heavy atom. The number of imide groups is 1. The zero-order chi connectivity index (χ0) is 10.2. The SMILES string of the molecule is CC1NC(=O)N(C(C)C)C(=O)N1C. The lowest BCUT2D eigenvalue weighted by Gasteiger charge is -2.38. The molecule has 0 saturated carbocycles. The zero-order valence-corrected chi connectivity index (χ0v) is 8.37. The summed E-state index contributed by atoms with van der Waals surface area (Å²) < 4.78 is 0. The monoisotopic (exact) mass is 185 g/mol. The Kier molecular flexibility index (Phi) is 2.45. The van der Waals surface area contributed by atoms with E-state index in [1.54, 1.807) is 27.8 Å². The molecular weight excluding hydrogens is 170 g/mol. The predicted octanol–water partition coefficient (Wildman–Crippen LogP) is 0.818. The van der Waals surface area contributed by atoms with Gasteiger partial charge in [-0.2, -0.15) is 0 Å². The van der Waals surface area contributed by atoms with Crippen LogP contribution in [-0.4, -0.2) is 41.1 Å². The van der Waals surface area contributed by atoms with Crippen LogP contribution in [0.5, 0.6) is 0 Å². The maximum absolute atomic E-state index is 11.6. The number of urea groups is 2. The van der Waals surface area contributed by atoms with Crippen LogP contribution in [0.3, 0.4) is 0 Å². The fourth-order valence-corrected chi connectivity index (χ4v) is 1.22. The highest BCUT2D eigenvalue weighted by Gasteiger charge is 2.35. The summed E-state index contributed by atoms with van der Waals surface area (Å²) in [7, 11) is 1.67. The molecule has 1 atom stereocenters. The quantitative estimate of drug-likeness (QED) is 0.657. The van der Waals surface area contributed by atoms with Gasteiger partial charge in [0, 0.05) is 13.1 Å². The van der Waals surface area contributed by atoms with Crippen molar-refractivity contribution in [3.63, 3.8) is 0 Å². The Morgan fingerprint density at radius 2 is 1.92 bits per heavy atom. The largest absolute Gasteiger partial charge is 0.329 e. The normalized spacial score (nSPS) is 23.9. The molecule has 1 fully saturated rings. The fraction of sp³-hybridized carbons (Fsp3) is 0.750. The summed E-state index contributed by atoms with van der Waals surface area (Å²) in [6.07, 6.45) is -0.227. The molecule has 1 N–H and O–H groups in total. The third-order valence-electron chi connectivity index (χ3n) is 2.16. The van der Waals surface area contributed by atoms with Crippen molar-refractivity contribution in [2.45, 2.75) is 33.0 Å². The minimum absolute atomic E-state index is 0.109. The van der Waals surface area contributed by atoms with Crippen molar-refractivity contribution in [2.75, 3.05) is 7.05 Å². The van der Waals surface area contributed by atoms with E-state index in [4.69, 9.17) is 0 Å². The Balaban J connectivity index is 2.86. The minimum Gasteiger partial charge on any atom is -0.317 e. The lowest BCUT2D eigenvalue weighted by atomic mass is 10.3. The number of carbonyl (C=O) groups is 2. The van der Waals surface area contributed by atoms with E-state index < -0.39 is 0 Å². The highest BCUT2D eigenvalue weighted by atomic mass is 16.2. The Morgan fingerprint density at radius 1 is 1.38 bits per heavy atom. The van der Waals surface area contributed by atoms with E-state index >= 15 is 0 Å². The van der Waals surface area contributed by atoms with Crippen molar-refractivity contribution in [2.24, 2.45) is 0 Å². The van der Waals surface area contributed by atoms with Crippen LogP contribution < -0.4 is 5.32 Å². The van der Waals surface area contributed by atoms with E-state index in [0.717, 1.165) is 0 Å². The molecule has 13 heavy (non-hydrogen) atoms. The summed E-state index contributed by atoms with van der Waals surface area (Å²) in [5, 5.41) is 2.68. The molecule has 1 aliphatic rings. The third-order valence-corrected chi connectivity index (χ3v) is 2.16. The first kappa shape index (κ1) is 9.83. The molecule has 0 aromatic heterocycles. The van der Waals surface area contributed by atoms with Crippen LogP contribution in [0.25, 0.3) is 0 Å². The average molecular weight is 185 g/mol. The first-order chi connectivity index (χ1) is 5.95. The van der Waals surface area contributed by atoms with Gasteiger partial charge >= 0.3 is 12.1 Å². The molecule has 1 rings (SSSR count). The number of nitrogens with one attached hydrogen (secondary N) is 1. The molecular formula is C8H15N3O2. The highest BCUT2D eigenvalue weighted by molar-refractivity contribution is 5.96. The summed E-state index contributed by atoms with van der Waals surface area (Å²) in [6.45, 7) is 5.38. The lowest BCUT2D eigenvalue weighted by Crippen LogP contribution is -2.64. The van der Waals surface area contributed by atoms with Crippen molar-refractivity contribution in [3.8, 4) is 0 Å². The average Bonchev–Trinajstić information content (AvgIpc) is 1.99. The fourth-order valence-electron chi connectivity index (χ4n) is 1.22. The van der Waals surface area contributed by atoms with Gasteiger partial charge < -0.3 is 10.2 Å². The van der Waals surface area contributed by atoms with Gasteiger partial charge in [0.1, 0.15) is 6.17 Å². The van der Waals surface area contributed by atoms with Crippen LogP contribution in [0.4, 0.5) is 9.59 Å². The van der Waals surface area contributed by atoms with Gasteiger partial charge in [-0.3, -0.25) is 0 Å². The number of hydrogen-bond acceptors (Lipinski definition) is 2. The van der Waals surface area contributed by atoms with Crippen LogP contribution in [0.15, 0.2) is 0 Å². The van der Waals surface area contributed by atoms with E-state index in [2.05, 4.69) is 5.32 Å². The first-order valence-corrected chi connectivity index (χ1v) is 4.31. The van der Waals surface area contributed by atoms with Crippen LogP contribution in [0, 0.1) is 0 Å².